The number of hydrogen-bond acceptors (Lipinski definition) is 0. The molecule has 0 aromatic rings. The van der Waals surface area contributed by atoms with E-state index in [0.717, 1.165) is 5.92 Å². The molecule has 0 N–H and O–H groups in total. The molecular formula is C9H19ClSi. The van der Waals surface area contributed by atoms with Gasteiger partial charge in [0.1, 0.15) is 0 Å². The zero-order valence-electron chi connectivity index (χ0n) is 7.70. The first kappa shape index (κ1) is 11.5. The van der Waals surface area contributed by atoms with Gasteiger partial charge < -0.3 is 0 Å². The van der Waals surface area contributed by atoms with Gasteiger partial charge in [0.05, 0.1) is 0 Å². The van der Waals surface area contributed by atoms with Gasteiger partial charge in [-0.3, -0.25) is 0 Å². The summed E-state index contributed by atoms with van der Waals surface area (Å²) in [5.41, 5.74) is 0. The van der Waals surface area contributed by atoms with Gasteiger partial charge in [0.15, 0.2) is 8.83 Å². The quantitative estimate of drug-likeness (QED) is 0.325. The van der Waals surface area contributed by atoms with E-state index in [0.29, 0.717) is 8.83 Å². The first-order chi connectivity index (χ1) is 5.27. The van der Waals surface area contributed by atoms with Gasteiger partial charge in [0, 0.05) is 0 Å². The fourth-order valence-corrected chi connectivity index (χ4v) is 1.88. The molecule has 0 aromatic carbocycles. The Bertz CT molecular complexity index is 74.0. The van der Waals surface area contributed by atoms with Crippen LogP contribution in [0.2, 0.25) is 6.04 Å². The summed E-state index contributed by atoms with van der Waals surface area (Å²) >= 11 is 5.59. The summed E-state index contributed by atoms with van der Waals surface area (Å²) in [5, 5.41) is 0. The zero-order chi connectivity index (χ0) is 8.53. The lowest BCUT2D eigenvalue weighted by molar-refractivity contribution is 0.525. The van der Waals surface area contributed by atoms with Crippen molar-refractivity contribution in [3.05, 3.63) is 0 Å². The summed E-state index contributed by atoms with van der Waals surface area (Å²) in [7, 11) is 0.637. The highest BCUT2D eigenvalue weighted by Gasteiger charge is 1.93. The highest BCUT2D eigenvalue weighted by molar-refractivity contribution is 6.93. The van der Waals surface area contributed by atoms with E-state index in [9.17, 15) is 0 Å². The second-order valence-electron chi connectivity index (χ2n) is 3.48. The third-order valence-electron chi connectivity index (χ3n) is 1.80. The Labute approximate surface area is 78.2 Å². The number of halogens is 1. The van der Waals surface area contributed by atoms with E-state index < -0.39 is 0 Å². The number of rotatable bonds is 7. The van der Waals surface area contributed by atoms with Crippen LogP contribution in [0.15, 0.2) is 0 Å². The summed E-state index contributed by atoms with van der Waals surface area (Å²) in [6, 6.07) is 1.23. The minimum atomic E-state index is 0.637. The molecule has 0 rings (SSSR count). The van der Waals surface area contributed by atoms with Gasteiger partial charge in [-0.05, 0) is 12.0 Å². The van der Waals surface area contributed by atoms with Crippen molar-refractivity contribution in [3.8, 4) is 0 Å². The first-order valence-electron chi connectivity index (χ1n) is 4.61. The zero-order valence-corrected chi connectivity index (χ0v) is 9.45. The molecule has 0 atom stereocenters. The van der Waals surface area contributed by atoms with Gasteiger partial charge in [-0.15, -0.1) is 0 Å². The summed E-state index contributed by atoms with van der Waals surface area (Å²) in [6.45, 7) is 4.58. The van der Waals surface area contributed by atoms with Crippen molar-refractivity contribution in [2.75, 3.05) is 0 Å². The maximum atomic E-state index is 5.59. The van der Waals surface area contributed by atoms with E-state index in [1.165, 1.54) is 38.1 Å². The number of unbranched alkanes of at least 4 members (excludes halogenated alkanes) is 3. The maximum absolute atomic E-state index is 5.59. The van der Waals surface area contributed by atoms with Crippen LogP contribution < -0.4 is 0 Å². The molecule has 2 radical (unpaired) electrons. The Kier molecular flexibility index (Phi) is 9.00. The van der Waals surface area contributed by atoms with E-state index in [-0.39, 0.29) is 0 Å². The predicted molar refractivity (Wildman–Crippen MR) is 54.3 cm³/mol. The summed E-state index contributed by atoms with van der Waals surface area (Å²) in [6.07, 6.45) is 6.91. The molecule has 0 aromatic heterocycles. The third-order valence-corrected chi connectivity index (χ3v) is 2.91. The lowest BCUT2D eigenvalue weighted by atomic mass is 10.0. The molecule has 0 aliphatic rings. The van der Waals surface area contributed by atoms with Crippen molar-refractivity contribution >= 4 is 19.9 Å². The van der Waals surface area contributed by atoms with E-state index in [1.807, 2.05) is 0 Å². The van der Waals surface area contributed by atoms with Gasteiger partial charge in [-0.1, -0.05) is 46.0 Å². The minimum absolute atomic E-state index is 0.637. The second kappa shape index (κ2) is 8.60. The smallest absolute Gasteiger partial charge is 0.171 e. The van der Waals surface area contributed by atoms with Gasteiger partial charge in [-0.2, -0.15) is 11.1 Å². The third kappa shape index (κ3) is 10.5. The molecule has 0 saturated carbocycles. The number of hydrogen-bond donors (Lipinski definition) is 0. The Morgan fingerprint density at radius 3 is 2.27 bits per heavy atom. The normalized spacial score (nSPS) is 10.9. The fourth-order valence-electron chi connectivity index (χ4n) is 1.10. The van der Waals surface area contributed by atoms with Crippen LogP contribution in [0.3, 0.4) is 0 Å². The van der Waals surface area contributed by atoms with E-state index in [1.54, 1.807) is 0 Å². The predicted octanol–water partition coefficient (Wildman–Crippen LogP) is 3.87. The molecule has 66 valence electrons. The fraction of sp³-hybridized carbons (Fsp3) is 1.00. The Morgan fingerprint density at radius 2 is 1.73 bits per heavy atom. The maximum Gasteiger partial charge on any atom is 0.171 e. The van der Waals surface area contributed by atoms with Crippen LogP contribution in [0.5, 0.6) is 0 Å². The van der Waals surface area contributed by atoms with Crippen LogP contribution >= 0.6 is 11.1 Å². The van der Waals surface area contributed by atoms with Crippen LogP contribution in [0.1, 0.15) is 46.0 Å². The van der Waals surface area contributed by atoms with Crippen molar-refractivity contribution in [1.82, 2.24) is 0 Å². The molecule has 0 aliphatic heterocycles. The average molecular weight is 191 g/mol. The molecule has 0 bridgehead atoms. The monoisotopic (exact) mass is 190 g/mol. The van der Waals surface area contributed by atoms with Crippen LogP contribution in [0.25, 0.3) is 0 Å². The van der Waals surface area contributed by atoms with Gasteiger partial charge >= 0.3 is 0 Å². The van der Waals surface area contributed by atoms with Gasteiger partial charge in [0.2, 0.25) is 0 Å². The SMILES string of the molecule is CC(C)CCCCCC[Si]Cl. The molecule has 0 fully saturated rings. The topological polar surface area (TPSA) is 0 Å². The van der Waals surface area contributed by atoms with Crippen LogP contribution in [0.4, 0.5) is 0 Å². The molecule has 0 heterocycles. The van der Waals surface area contributed by atoms with Crippen LogP contribution in [-0.2, 0) is 0 Å². The van der Waals surface area contributed by atoms with Gasteiger partial charge in [0.25, 0.3) is 0 Å². The lowest BCUT2D eigenvalue weighted by Gasteiger charge is -2.02. The van der Waals surface area contributed by atoms with Gasteiger partial charge in [-0.25, -0.2) is 0 Å². The molecule has 0 aliphatic carbocycles. The Morgan fingerprint density at radius 1 is 1.09 bits per heavy atom. The first-order valence-corrected chi connectivity index (χ1v) is 6.82. The highest BCUT2D eigenvalue weighted by atomic mass is 35.6. The molecule has 0 amide bonds. The Hall–Kier alpha value is 0.507. The molecule has 0 unspecified atom stereocenters. The molecule has 0 nitrogen and oxygen atoms in total. The van der Waals surface area contributed by atoms with Crippen molar-refractivity contribution in [2.24, 2.45) is 5.92 Å². The summed E-state index contributed by atoms with van der Waals surface area (Å²) in [5.74, 6) is 0.880. The van der Waals surface area contributed by atoms with Crippen LogP contribution in [-0.4, -0.2) is 8.83 Å². The van der Waals surface area contributed by atoms with Crippen LogP contribution in [0, 0.1) is 5.92 Å². The molecule has 0 spiro atoms. The van der Waals surface area contributed by atoms with E-state index in [4.69, 9.17) is 11.1 Å². The molecule has 2 heteroatoms. The van der Waals surface area contributed by atoms with Crippen molar-refractivity contribution in [2.45, 2.75) is 52.0 Å². The average Bonchev–Trinajstić information content (AvgIpc) is 1.96. The standard InChI is InChI=1S/C9H19ClSi/c1-9(2)7-5-3-4-6-8-11-10/h9H,3-8H2,1-2H3. The summed E-state index contributed by atoms with van der Waals surface area (Å²) in [4.78, 5) is 0. The molecular weight excluding hydrogens is 172 g/mol. The second-order valence-corrected chi connectivity index (χ2v) is 5.05. The minimum Gasteiger partial charge on any atom is -0.171 e. The molecule has 11 heavy (non-hydrogen) atoms. The summed E-state index contributed by atoms with van der Waals surface area (Å²) < 4.78 is 0. The Balaban J connectivity index is 2.80. The van der Waals surface area contributed by atoms with Crippen molar-refractivity contribution in [1.29, 1.82) is 0 Å². The van der Waals surface area contributed by atoms with Crippen molar-refractivity contribution < 1.29 is 0 Å². The van der Waals surface area contributed by atoms with E-state index >= 15 is 0 Å². The lowest BCUT2D eigenvalue weighted by Crippen LogP contribution is -1.87. The van der Waals surface area contributed by atoms with E-state index in [2.05, 4.69) is 13.8 Å². The van der Waals surface area contributed by atoms with Crippen molar-refractivity contribution in [3.63, 3.8) is 0 Å². The highest BCUT2D eigenvalue weighted by Crippen LogP contribution is 2.10. The largest absolute Gasteiger partial charge is 0.171 e. The molecule has 0 saturated heterocycles.